The second kappa shape index (κ2) is 5.71. The van der Waals surface area contributed by atoms with Crippen molar-refractivity contribution in [1.29, 1.82) is 0 Å². The summed E-state index contributed by atoms with van der Waals surface area (Å²) in [6.45, 7) is 4.31. The average molecular weight is 267 g/mol. The summed E-state index contributed by atoms with van der Waals surface area (Å²) in [6, 6.07) is 4.60. The number of hydrogen-bond donors (Lipinski definition) is 1. The molecule has 0 aliphatic carbocycles. The second-order valence-corrected chi connectivity index (χ2v) is 6.11. The fraction of sp³-hybridized carbons (Fsp3) is 0.500. The number of nitrogens with one attached hydrogen (secondary N) is 1. The molecule has 0 radical (unpaired) electrons. The maximum absolute atomic E-state index is 4.24. The Labute approximate surface area is 110 Å². The average Bonchev–Trinajstić information content (AvgIpc) is 2.91. The van der Waals surface area contributed by atoms with E-state index in [4.69, 9.17) is 0 Å². The first-order valence-electron chi connectivity index (χ1n) is 5.81. The maximum Gasteiger partial charge on any atom is 0.0807 e. The van der Waals surface area contributed by atoms with Crippen molar-refractivity contribution in [2.75, 3.05) is 7.05 Å². The Hall–Kier alpha value is -0.780. The van der Waals surface area contributed by atoms with Gasteiger partial charge in [-0.2, -0.15) is 0 Å². The Morgan fingerprint density at radius 3 is 2.82 bits per heavy atom. The van der Waals surface area contributed by atoms with Crippen LogP contribution in [0.5, 0.6) is 0 Å². The molecule has 0 spiro atoms. The molecular weight excluding hydrogens is 250 g/mol. The molecule has 0 fully saturated rings. The van der Waals surface area contributed by atoms with Crippen LogP contribution in [-0.4, -0.2) is 16.6 Å². The Bertz CT molecular complexity index is 476. The van der Waals surface area contributed by atoms with Crippen molar-refractivity contribution in [3.05, 3.63) is 32.5 Å². The summed E-state index contributed by atoms with van der Waals surface area (Å²) in [4.78, 5) is 3.94. The van der Waals surface area contributed by atoms with Crippen LogP contribution in [0.15, 0.2) is 12.1 Å². The van der Waals surface area contributed by atoms with Crippen molar-refractivity contribution in [2.24, 2.45) is 0 Å². The lowest BCUT2D eigenvalue weighted by atomic mass is 10.1. The summed E-state index contributed by atoms with van der Waals surface area (Å²) in [6.07, 6.45) is 2.12. The summed E-state index contributed by atoms with van der Waals surface area (Å²) in [5.41, 5.74) is 1.14. The number of rotatable bonds is 5. The van der Waals surface area contributed by atoms with Crippen molar-refractivity contribution < 1.29 is 0 Å². The van der Waals surface area contributed by atoms with Crippen molar-refractivity contribution in [3.8, 4) is 0 Å². The molecule has 2 aromatic heterocycles. The van der Waals surface area contributed by atoms with Crippen LogP contribution in [0.25, 0.3) is 0 Å². The number of thiophene rings is 1. The molecule has 2 rings (SSSR count). The lowest BCUT2D eigenvalue weighted by molar-refractivity contribution is 0.699. The van der Waals surface area contributed by atoms with Crippen molar-refractivity contribution >= 4 is 22.9 Å². The third-order valence-electron chi connectivity index (χ3n) is 2.67. The van der Waals surface area contributed by atoms with E-state index < -0.39 is 0 Å². The Kier molecular flexibility index (Phi) is 4.25. The normalized spacial score (nSPS) is 12.9. The molecule has 0 aromatic carbocycles. The molecule has 0 amide bonds. The highest BCUT2D eigenvalue weighted by Gasteiger charge is 2.20. The van der Waals surface area contributed by atoms with Gasteiger partial charge in [0, 0.05) is 9.75 Å². The molecule has 92 valence electrons. The summed E-state index contributed by atoms with van der Waals surface area (Å²) in [7, 11) is 2.00. The zero-order chi connectivity index (χ0) is 12.3. The molecule has 1 N–H and O–H groups in total. The van der Waals surface area contributed by atoms with Crippen LogP contribution in [-0.2, 0) is 6.42 Å². The van der Waals surface area contributed by atoms with Crippen LogP contribution in [0, 0.1) is 6.92 Å². The van der Waals surface area contributed by atoms with E-state index in [1.54, 1.807) is 0 Å². The van der Waals surface area contributed by atoms with Gasteiger partial charge in [-0.05, 0) is 44.1 Å². The van der Waals surface area contributed by atoms with E-state index in [-0.39, 0.29) is 6.04 Å². The van der Waals surface area contributed by atoms with Crippen LogP contribution in [0.4, 0.5) is 0 Å². The Morgan fingerprint density at radius 2 is 2.24 bits per heavy atom. The largest absolute Gasteiger partial charge is 0.308 e. The van der Waals surface area contributed by atoms with Crippen molar-refractivity contribution in [2.45, 2.75) is 32.7 Å². The smallest absolute Gasteiger partial charge is 0.0807 e. The molecule has 17 heavy (non-hydrogen) atoms. The van der Waals surface area contributed by atoms with Gasteiger partial charge < -0.3 is 5.32 Å². The van der Waals surface area contributed by atoms with Crippen molar-refractivity contribution in [1.82, 2.24) is 14.9 Å². The van der Waals surface area contributed by atoms with Gasteiger partial charge in [-0.25, -0.2) is 0 Å². The number of aromatic nitrogens is 2. The molecule has 1 atom stereocenters. The van der Waals surface area contributed by atoms with Gasteiger partial charge in [0.2, 0.25) is 0 Å². The first-order valence-corrected chi connectivity index (χ1v) is 7.40. The van der Waals surface area contributed by atoms with E-state index in [2.05, 4.69) is 40.9 Å². The van der Waals surface area contributed by atoms with Gasteiger partial charge >= 0.3 is 0 Å². The highest BCUT2D eigenvalue weighted by molar-refractivity contribution is 7.12. The van der Waals surface area contributed by atoms with Crippen LogP contribution in [0.3, 0.4) is 0 Å². The minimum absolute atomic E-state index is 0.246. The Balaban J connectivity index is 2.31. The zero-order valence-corrected chi connectivity index (χ0v) is 12.0. The molecular formula is C12H17N3S2. The van der Waals surface area contributed by atoms with Crippen molar-refractivity contribution in [3.63, 3.8) is 0 Å². The Morgan fingerprint density at radius 1 is 1.41 bits per heavy atom. The monoisotopic (exact) mass is 267 g/mol. The molecule has 0 saturated heterocycles. The van der Waals surface area contributed by atoms with E-state index in [0.29, 0.717) is 0 Å². The highest BCUT2D eigenvalue weighted by atomic mass is 32.1. The standard InChI is InChI=1S/C12H17N3S2/c1-4-5-9-12(17-15-14-9)11(13-3)10-7-6-8(2)16-10/h6-7,11,13H,4-5H2,1-3H3. The van der Waals surface area contributed by atoms with E-state index in [1.165, 1.54) is 26.2 Å². The second-order valence-electron chi connectivity index (χ2n) is 4.00. The van der Waals surface area contributed by atoms with E-state index in [1.807, 2.05) is 18.4 Å². The molecule has 0 saturated carbocycles. The lowest BCUT2D eigenvalue weighted by Crippen LogP contribution is -2.16. The summed E-state index contributed by atoms with van der Waals surface area (Å²) >= 11 is 3.34. The van der Waals surface area contributed by atoms with Gasteiger partial charge in [0.1, 0.15) is 0 Å². The van der Waals surface area contributed by atoms with Gasteiger partial charge in [-0.1, -0.05) is 17.8 Å². The molecule has 3 nitrogen and oxygen atoms in total. The predicted molar refractivity (Wildman–Crippen MR) is 73.9 cm³/mol. The highest BCUT2D eigenvalue weighted by Crippen LogP contribution is 2.31. The molecule has 0 bridgehead atoms. The van der Waals surface area contributed by atoms with Crippen LogP contribution >= 0.6 is 22.9 Å². The zero-order valence-electron chi connectivity index (χ0n) is 10.4. The topological polar surface area (TPSA) is 37.8 Å². The number of hydrogen-bond acceptors (Lipinski definition) is 5. The van der Waals surface area contributed by atoms with Gasteiger partial charge in [-0.15, -0.1) is 16.4 Å². The lowest BCUT2D eigenvalue weighted by Gasteiger charge is -2.13. The molecule has 1 unspecified atom stereocenters. The fourth-order valence-electron chi connectivity index (χ4n) is 1.86. The van der Waals surface area contributed by atoms with E-state index >= 15 is 0 Å². The fourth-order valence-corrected chi connectivity index (χ4v) is 3.75. The van der Waals surface area contributed by atoms with Gasteiger partial charge in [0.05, 0.1) is 16.6 Å². The van der Waals surface area contributed by atoms with Gasteiger partial charge in [0.15, 0.2) is 0 Å². The molecule has 2 heterocycles. The minimum Gasteiger partial charge on any atom is -0.308 e. The summed E-state index contributed by atoms with van der Waals surface area (Å²) in [5.74, 6) is 0. The van der Waals surface area contributed by atoms with Crippen LogP contribution in [0.1, 0.15) is 39.7 Å². The first kappa shape index (κ1) is 12.7. The summed E-state index contributed by atoms with van der Waals surface area (Å²) in [5, 5.41) is 7.61. The van der Waals surface area contributed by atoms with Gasteiger partial charge in [-0.3, -0.25) is 0 Å². The third kappa shape index (κ3) is 2.73. The van der Waals surface area contributed by atoms with E-state index in [0.717, 1.165) is 18.5 Å². The van der Waals surface area contributed by atoms with Crippen LogP contribution < -0.4 is 5.32 Å². The van der Waals surface area contributed by atoms with E-state index in [9.17, 15) is 0 Å². The maximum atomic E-state index is 4.24. The summed E-state index contributed by atoms with van der Waals surface area (Å²) < 4.78 is 4.10. The van der Waals surface area contributed by atoms with Crippen LogP contribution in [0.2, 0.25) is 0 Å². The quantitative estimate of drug-likeness (QED) is 0.904. The predicted octanol–water partition coefficient (Wildman–Crippen LogP) is 3.17. The minimum atomic E-state index is 0.246. The SMILES string of the molecule is CCCc1nnsc1C(NC)c1ccc(C)s1. The van der Waals surface area contributed by atoms with Gasteiger partial charge in [0.25, 0.3) is 0 Å². The number of aryl methyl sites for hydroxylation is 2. The molecule has 5 heteroatoms. The third-order valence-corrected chi connectivity index (χ3v) is 4.57. The molecule has 0 aliphatic heterocycles. The molecule has 0 aliphatic rings. The first-order chi connectivity index (χ1) is 8.26. The number of nitrogens with zero attached hydrogens (tertiary/aromatic N) is 2. The molecule has 2 aromatic rings.